The van der Waals surface area contributed by atoms with E-state index in [9.17, 15) is 24.6 Å². The molecule has 39 heavy (non-hydrogen) atoms. The Morgan fingerprint density at radius 2 is 1.77 bits per heavy atom. The number of likely N-dealkylation sites (tertiary alicyclic amines) is 1. The van der Waals surface area contributed by atoms with Crippen LogP contribution in [0.5, 0.6) is 0 Å². The summed E-state index contributed by atoms with van der Waals surface area (Å²) in [5.74, 6) is -0.835. The number of aliphatic hydroxyl groups excluding tert-OH is 2. The number of hydrogen-bond donors (Lipinski definition) is 4. The van der Waals surface area contributed by atoms with Crippen LogP contribution in [0.1, 0.15) is 72.2 Å². The number of benzene rings is 1. The summed E-state index contributed by atoms with van der Waals surface area (Å²) in [4.78, 5) is 45.9. The van der Waals surface area contributed by atoms with E-state index in [4.69, 9.17) is 4.74 Å². The summed E-state index contributed by atoms with van der Waals surface area (Å²) >= 11 is 1.45. The maximum absolute atomic E-state index is 13.7. The van der Waals surface area contributed by atoms with Crippen LogP contribution in [0.4, 0.5) is 4.79 Å². The van der Waals surface area contributed by atoms with Gasteiger partial charge in [0.15, 0.2) is 0 Å². The van der Waals surface area contributed by atoms with Crippen molar-refractivity contribution in [1.82, 2.24) is 20.5 Å². The summed E-state index contributed by atoms with van der Waals surface area (Å²) < 4.78 is 5.35. The third-order valence-corrected chi connectivity index (χ3v) is 7.38. The Kier molecular flexibility index (Phi) is 9.40. The van der Waals surface area contributed by atoms with Gasteiger partial charge in [0, 0.05) is 13.0 Å². The number of alkyl carbamates (subject to hydrolysis) is 1. The van der Waals surface area contributed by atoms with Crippen molar-refractivity contribution in [3.63, 3.8) is 0 Å². The molecule has 0 bridgehead atoms. The zero-order valence-electron chi connectivity index (χ0n) is 23.6. The fraction of sp³-hybridized carbons (Fsp3) is 0.571. The van der Waals surface area contributed by atoms with Crippen molar-refractivity contribution in [1.29, 1.82) is 0 Å². The minimum atomic E-state index is -0.964. The third kappa shape index (κ3) is 7.77. The maximum atomic E-state index is 13.7. The number of β-amino-alcohol motifs (C(OH)–C–C–N with tert-alkyl or cyclic N) is 1. The van der Waals surface area contributed by atoms with Gasteiger partial charge in [-0.15, -0.1) is 11.3 Å². The standard InChI is InChI=1S/C28H40N4O6S/c1-16(17-8-10-18(11-9-17)22-20(14-33)29-15-39-22)30-24(35)21-12-19(34)13-32(21)25(36)23(27(2,3)4)31-26(37)38-28(5,6)7/h8-11,15-16,19,21,23,33-34H,12-14H2,1-7H3,(H,30,35)(H,31,37)/t16?,19-,21+,23?/m1/s1. The number of aromatic nitrogens is 1. The molecule has 4 atom stereocenters. The minimum Gasteiger partial charge on any atom is -0.444 e. The molecule has 11 heteroatoms. The highest BCUT2D eigenvalue weighted by molar-refractivity contribution is 7.13. The van der Waals surface area contributed by atoms with E-state index in [-0.39, 0.29) is 31.5 Å². The van der Waals surface area contributed by atoms with Gasteiger partial charge in [-0.05, 0) is 44.2 Å². The number of rotatable bonds is 7. The van der Waals surface area contributed by atoms with Crippen LogP contribution >= 0.6 is 11.3 Å². The molecule has 1 aliphatic rings. The van der Waals surface area contributed by atoms with Gasteiger partial charge in [0.25, 0.3) is 0 Å². The van der Waals surface area contributed by atoms with Gasteiger partial charge in [-0.3, -0.25) is 9.59 Å². The molecule has 2 heterocycles. The van der Waals surface area contributed by atoms with E-state index in [2.05, 4.69) is 15.6 Å². The van der Waals surface area contributed by atoms with E-state index in [1.54, 1.807) is 26.3 Å². The summed E-state index contributed by atoms with van der Waals surface area (Å²) in [6.45, 7) is 12.3. The second-order valence-corrected chi connectivity index (χ2v) is 12.8. The van der Waals surface area contributed by atoms with Crippen LogP contribution in [0.25, 0.3) is 10.4 Å². The number of hydrogen-bond acceptors (Lipinski definition) is 8. The van der Waals surface area contributed by atoms with E-state index >= 15 is 0 Å². The van der Waals surface area contributed by atoms with Crippen molar-refractivity contribution >= 4 is 29.2 Å². The first-order valence-corrected chi connectivity index (χ1v) is 13.9. The normalized spacial score (nSPS) is 19.4. The number of nitrogens with one attached hydrogen (secondary N) is 2. The lowest BCUT2D eigenvalue weighted by molar-refractivity contribution is -0.142. The van der Waals surface area contributed by atoms with Crippen molar-refractivity contribution in [3.8, 4) is 10.4 Å². The molecule has 10 nitrogen and oxygen atoms in total. The Hall–Kier alpha value is -3.02. The highest BCUT2D eigenvalue weighted by Gasteiger charge is 2.45. The molecule has 1 fully saturated rings. The Labute approximate surface area is 233 Å². The Balaban J connectivity index is 1.72. The van der Waals surface area contributed by atoms with Crippen LogP contribution < -0.4 is 10.6 Å². The molecular weight excluding hydrogens is 520 g/mol. The summed E-state index contributed by atoms with van der Waals surface area (Å²) in [7, 11) is 0. The molecule has 0 saturated carbocycles. The SMILES string of the molecule is CC(NC(=O)[C@@H]1C[C@@H](O)CN1C(=O)C(NC(=O)OC(C)(C)C)C(C)(C)C)c1ccc(-c2scnc2CO)cc1. The summed E-state index contributed by atoms with van der Waals surface area (Å²) in [5.41, 5.74) is 2.67. The maximum Gasteiger partial charge on any atom is 0.408 e. The van der Waals surface area contributed by atoms with Gasteiger partial charge in [-0.2, -0.15) is 0 Å². The number of carbonyl (C=O) groups is 3. The number of amides is 3. The molecule has 1 aliphatic heterocycles. The number of nitrogens with zero attached hydrogens (tertiary/aromatic N) is 2. The average molecular weight is 561 g/mol. The van der Waals surface area contributed by atoms with Crippen LogP contribution in [0, 0.1) is 5.41 Å². The molecule has 1 aromatic carbocycles. The summed E-state index contributed by atoms with van der Waals surface area (Å²) in [6.07, 6.45) is -1.48. The average Bonchev–Trinajstić information content (AvgIpc) is 3.47. The molecule has 4 N–H and O–H groups in total. The molecule has 1 aromatic heterocycles. The molecular formula is C28H40N4O6S. The Morgan fingerprint density at radius 1 is 1.13 bits per heavy atom. The van der Waals surface area contributed by atoms with Gasteiger partial charge in [-0.25, -0.2) is 9.78 Å². The Bertz CT molecular complexity index is 1170. The van der Waals surface area contributed by atoms with Gasteiger partial charge in [0.1, 0.15) is 17.7 Å². The van der Waals surface area contributed by atoms with Gasteiger partial charge >= 0.3 is 6.09 Å². The predicted octanol–water partition coefficient (Wildman–Crippen LogP) is 3.38. The van der Waals surface area contributed by atoms with Crippen molar-refractivity contribution in [2.24, 2.45) is 5.41 Å². The molecule has 2 aromatic rings. The second-order valence-electron chi connectivity index (χ2n) is 12.0. The number of thiazole rings is 1. The van der Waals surface area contributed by atoms with Gasteiger partial charge in [0.05, 0.1) is 34.8 Å². The summed E-state index contributed by atoms with van der Waals surface area (Å²) in [6, 6.07) is 5.41. The van der Waals surface area contributed by atoms with E-state index in [0.717, 1.165) is 16.0 Å². The van der Waals surface area contributed by atoms with Crippen LogP contribution in [0.2, 0.25) is 0 Å². The van der Waals surface area contributed by atoms with E-state index < -0.39 is 41.2 Å². The Morgan fingerprint density at radius 3 is 2.33 bits per heavy atom. The second kappa shape index (κ2) is 12.0. The lowest BCUT2D eigenvalue weighted by Gasteiger charge is -2.35. The van der Waals surface area contributed by atoms with Gasteiger partial charge in [-0.1, -0.05) is 45.0 Å². The number of aliphatic hydroxyl groups is 2. The lowest BCUT2D eigenvalue weighted by atomic mass is 9.85. The van der Waals surface area contributed by atoms with Crippen LogP contribution in [-0.4, -0.2) is 68.3 Å². The monoisotopic (exact) mass is 560 g/mol. The zero-order valence-corrected chi connectivity index (χ0v) is 24.5. The highest BCUT2D eigenvalue weighted by Crippen LogP contribution is 2.30. The fourth-order valence-corrected chi connectivity index (χ4v) is 5.29. The van der Waals surface area contributed by atoms with Crippen molar-refractivity contribution in [2.75, 3.05) is 6.54 Å². The molecule has 3 rings (SSSR count). The van der Waals surface area contributed by atoms with Crippen molar-refractivity contribution in [3.05, 3.63) is 41.0 Å². The quantitative estimate of drug-likeness (QED) is 0.407. The van der Waals surface area contributed by atoms with Crippen molar-refractivity contribution < 1.29 is 29.3 Å². The predicted molar refractivity (Wildman–Crippen MR) is 149 cm³/mol. The first-order chi connectivity index (χ1) is 18.1. The largest absolute Gasteiger partial charge is 0.444 e. The van der Waals surface area contributed by atoms with Crippen LogP contribution in [0.3, 0.4) is 0 Å². The van der Waals surface area contributed by atoms with E-state index in [1.807, 2.05) is 52.0 Å². The number of carbonyl (C=O) groups excluding carboxylic acids is 3. The molecule has 1 saturated heterocycles. The first kappa shape index (κ1) is 30.5. The first-order valence-electron chi connectivity index (χ1n) is 13.0. The lowest BCUT2D eigenvalue weighted by Crippen LogP contribution is -2.58. The number of ether oxygens (including phenoxy) is 1. The topological polar surface area (TPSA) is 141 Å². The van der Waals surface area contributed by atoms with Gasteiger partial charge in [0.2, 0.25) is 11.8 Å². The zero-order chi connectivity index (χ0) is 29.1. The van der Waals surface area contributed by atoms with Crippen LogP contribution in [0.15, 0.2) is 29.8 Å². The molecule has 0 spiro atoms. The molecule has 2 unspecified atom stereocenters. The van der Waals surface area contributed by atoms with Crippen LogP contribution in [-0.2, 0) is 20.9 Å². The van der Waals surface area contributed by atoms with Gasteiger partial charge < -0.3 is 30.5 Å². The summed E-state index contributed by atoms with van der Waals surface area (Å²) in [5, 5.41) is 25.5. The molecule has 214 valence electrons. The van der Waals surface area contributed by atoms with Crippen molar-refractivity contribution in [2.45, 2.75) is 91.3 Å². The minimum absolute atomic E-state index is 0.00931. The highest BCUT2D eigenvalue weighted by atomic mass is 32.1. The molecule has 3 amide bonds. The molecule has 0 aliphatic carbocycles. The smallest absolute Gasteiger partial charge is 0.408 e. The molecule has 0 radical (unpaired) electrons. The fourth-order valence-electron chi connectivity index (χ4n) is 4.48. The third-order valence-electron chi connectivity index (χ3n) is 6.46. The van der Waals surface area contributed by atoms with E-state index in [1.165, 1.54) is 16.2 Å². The van der Waals surface area contributed by atoms with E-state index in [0.29, 0.717) is 5.69 Å².